The Morgan fingerprint density at radius 1 is 1.24 bits per heavy atom. The number of hydrogen-bond acceptors (Lipinski definition) is 6. The molecule has 0 spiro atoms. The number of nitrogens with one attached hydrogen (secondary N) is 1. The van der Waals surface area contributed by atoms with Crippen LogP contribution in [-0.2, 0) is 4.79 Å². The van der Waals surface area contributed by atoms with Crippen molar-refractivity contribution < 1.29 is 23.8 Å². The molecule has 0 bridgehead atoms. The molecule has 1 aromatic carbocycles. The van der Waals surface area contributed by atoms with Crippen LogP contribution in [0.25, 0.3) is 0 Å². The number of hydrogen-bond donors (Lipinski definition) is 2. The first-order valence-corrected chi connectivity index (χ1v) is 8.10. The maximum absolute atomic E-state index is 12.9. The standard InChI is InChI=1S/C17H25N3O5/c1-10-11(2)20(6-5-19-10)17(22)12-7-13(23-3)16(14(8-12)24-4)25-9-15(18)21/h7-8,10-11,19H,5-6,9H2,1-4H3,(H2,18,21). The molecule has 0 saturated carbocycles. The van der Waals surface area contributed by atoms with E-state index >= 15 is 0 Å². The van der Waals surface area contributed by atoms with Crippen molar-refractivity contribution in [2.24, 2.45) is 5.73 Å². The average molecular weight is 351 g/mol. The molecular weight excluding hydrogens is 326 g/mol. The zero-order chi connectivity index (χ0) is 18.6. The quantitative estimate of drug-likeness (QED) is 0.768. The van der Waals surface area contributed by atoms with Crippen LogP contribution in [0.1, 0.15) is 24.2 Å². The van der Waals surface area contributed by atoms with Gasteiger partial charge in [0, 0.05) is 30.7 Å². The maximum atomic E-state index is 12.9. The van der Waals surface area contributed by atoms with Gasteiger partial charge in [-0.2, -0.15) is 0 Å². The van der Waals surface area contributed by atoms with Crippen LogP contribution in [0.4, 0.5) is 0 Å². The largest absolute Gasteiger partial charge is 0.493 e. The summed E-state index contributed by atoms with van der Waals surface area (Å²) in [5.41, 5.74) is 5.55. The Kier molecular flexibility index (Phi) is 6.08. The first-order valence-electron chi connectivity index (χ1n) is 8.10. The van der Waals surface area contributed by atoms with E-state index < -0.39 is 5.91 Å². The van der Waals surface area contributed by atoms with Crippen molar-refractivity contribution in [2.75, 3.05) is 33.9 Å². The van der Waals surface area contributed by atoms with E-state index in [-0.39, 0.29) is 30.3 Å². The number of benzene rings is 1. The van der Waals surface area contributed by atoms with E-state index in [9.17, 15) is 9.59 Å². The molecule has 2 rings (SSSR count). The fourth-order valence-corrected chi connectivity index (χ4v) is 2.80. The lowest BCUT2D eigenvalue weighted by molar-refractivity contribution is -0.120. The van der Waals surface area contributed by atoms with Crippen LogP contribution in [0, 0.1) is 0 Å². The zero-order valence-corrected chi connectivity index (χ0v) is 15.0. The van der Waals surface area contributed by atoms with Crippen molar-refractivity contribution in [3.63, 3.8) is 0 Å². The van der Waals surface area contributed by atoms with E-state index in [1.54, 1.807) is 12.1 Å². The van der Waals surface area contributed by atoms with Gasteiger partial charge < -0.3 is 30.2 Å². The third-order valence-electron chi connectivity index (χ3n) is 4.36. The van der Waals surface area contributed by atoms with Gasteiger partial charge in [0.05, 0.1) is 14.2 Å². The van der Waals surface area contributed by atoms with E-state index in [2.05, 4.69) is 5.32 Å². The minimum Gasteiger partial charge on any atom is -0.493 e. The summed E-state index contributed by atoms with van der Waals surface area (Å²) in [6.45, 7) is 5.10. The number of nitrogens with zero attached hydrogens (tertiary/aromatic N) is 1. The van der Waals surface area contributed by atoms with Crippen LogP contribution in [0.15, 0.2) is 12.1 Å². The molecule has 1 aliphatic heterocycles. The van der Waals surface area contributed by atoms with Crippen LogP contribution < -0.4 is 25.3 Å². The summed E-state index contributed by atoms with van der Waals surface area (Å²) in [5.74, 6) is 0.119. The lowest BCUT2D eigenvalue weighted by atomic mass is 10.0. The van der Waals surface area contributed by atoms with Crippen LogP contribution in [0.3, 0.4) is 0 Å². The second kappa shape index (κ2) is 8.06. The molecule has 8 nitrogen and oxygen atoms in total. The first-order chi connectivity index (χ1) is 11.9. The number of amides is 2. The molecular formula is C17H25N3O5. The number of carbonyl (C=O) groups excluding carboxylic acids is 2. The molecule has 8 heteroatoms. The molecule has 0 aromatic heterocycles. The topological polar surface area (TPSA) is 103 Å². The van der Waals surface area contributed by atoms with Gasteiger partial charge in [0.1, 0.15) is 0 Å². The van der Waals surface area contributed by atoms with Crippen molar-refractivity contribution in [1.82, 2.24) is 10.2 Å². The van der Waals surface area contributed by atoms with Crippen molar-refractivity contribution >= 4 is 11.8 Å². The SMILES string of the molecule is COc1cc(C(=O)N2CCNC(C)C2C)cc(OC)c1OCC(N)=O. The van der Waals surface area contributed by atoms with E-state index in [0.717, 1.165) is 6.54 Å². The van der Waals surface area contributed by atoms with Gasteiger partial charge in [-0.3, -0.25) is 9.59 Å². The van der Waals surface area contributed by atoms with Crippen LogP contribution >= 0.6 is 0 Å². The summed E-state index contributed by atoms with van der Waals surface area (Å²) in [5, 5.41) is 3.34. The molecule has 138 valence electrons. The van der Waals surface area contributed by atoms with E-state index in [1.165, 1.54) is 14.2 Å². The summed E-state index contributed by atoms with van der Waals surface area (Å²) in [4.78, 5) is 25.7. The normalized spacial score (nSPS) is 20.1. The minimum atomic E-state index is -0.618. The number of rotatable bonds is 6. The summed E-state index contributed by atoms with van der Waals surface area (Å²) < 4.78 is 16.0. The number of ether oxygens (including phenoxy) is 3. The molecule has 25 heavy (non-hydrogen) atoms. The fourth-order valence-electron chi connectivity index (χ4n) is 2.80. The highest BCUT2D eigenvalue weighted by Gasteiger charge is 2.30. The number of nitrogens with two attached hydrogens (primary N) is 1. The van der Waals surface area contributed by atoms with Crippen molar-refractivity contribution in [1.29, 1.82) is 0 Å². The summed E-state index contributed by atoms with van der Waals surface area (Å²) in [6, 6.07) is 3.44. The molecule has 2 atom stereocenters. The Morgan fingerprint density at radius 3 is 2.36 bits per heavy atom. The number of piperazine rings is 1. The molecule has 1 aliphatic rings. The van der Waals surface area contributed by atoms with Gasteiger partial charge in [0.15, 0.2) is 18.1 Å². The van der Waals surface area contributed by atoms with Gasteiger partial charge in [0.2, 0.25) is 5.75 Å². The minimum absolute atomic E-state index is 0.0593. The monoisotopic (exact) mass is 351 g/mol. The van der Waals surface area contributed by atoms with Crippen molar-refractivity contribution in [2.45, 2.75) is 25.9 Å². The van der Waals surface area contributed by atoms with Crippen molar-refractivity contribution in [3.8, 4) is 17.2 Å². The molecule has 2 unspecified atom stereocenters. The number of carbonyl (C=O) groups is 2. The third kappa shape index (κ3) is 4.14. The lowest BCUT2D eigenvalue weighted by Crippen LogP contribution is -2.57. The highest BCUT2D eigenvalue weighted by Crippen LogP contribution is 2.39. The Bertz CT molecular complexity index is 624. The van der Waals surface area contributed by atoms with E-state index in [4.69, 9.17) is 19.9 Å². The molecule has 2 amide bonds. The summed E-state index contributed by atoms with van der Waals surface area (Å²) in [7, 11) is 2.91. The zero-order valence-electron chi connectivity index (χ0n) is 15.0. The smallest absolute Gasteiger partial charge is 0.255 e. The third-order valence-corrected chi connectivity index (χ3v) is 4.36. The van der Waals surface area contributed by atoms with Gasteiger partial charge in [-0.15, -0.1) is 0 Å². The predicted molar refractivity (Wildman–Crippen MR) is 92.2 cm³/mol. The Balaban J connectivity index is 2.35. The summed E-state index contributed by atoms with van der Waals surface area (Å²) >= 11 is 0. The first kappa shape index (κ1) is 18.9. The number of primary amides is 1. The van der Waals surface area contributed by atoms with Crippen LogP contribution in [-0.4, -0.2) is 62.7 Å². The average Bonchev–Trinajstić information content (AvgIpc) is 2.60. The molecule has 1 saturated heterocycles. The predicted octanol–water partition coefficient (Wildman–Crippen LogP) is 0.390. The Hall–Kier alpha value is -2.48. The van der Waals surface area contributed by atoms with Gasteiger partial charge >= 0.3 is 0 Å². The molecule has 1 fully saturated rings. The second-order valence-corrected chi connectivity index (χ2v) is 5.95. The van der Waals surface area contributed by atoms with Crippen LogP contribution in [0.2, 0.25) is 0 Å². The molecule has 3 N–H and O–H groups in total. The second-order valence-electron chi connectivity index (χ2n) is 5.95. The molecule has 1 heterocycles. The van der Waals surface area contributed by atoms with Gasteiger partial charge in [-0.1, -0.05) is 0 Å². The maximum Gasteiger partial charge on any atom is 0.255 e. The molecule has 0 aliphatic carbocycles. The van der Waals surface area contributed by atoms with Gasteiger partial charge in [0.25, 0.3) is 11.8 Å². The van der Waals surface area contributed by atoms with Gasteiger partial charge in [-0.25, -0.2) is 0 Å². The highest BCUT2D eigenvalue weighted by molar-refractivity contribution is 5.96. The number of methoxy groups -OCH3 is 2. The lowest BCUT2D eigenvalue weighted by Gasteiger charge is -2.38. The molecule has 0 radical (unpaired) electrons. The fraction of sp³-hybridized carbons (Fsp3) is 0.529. The van der Waals surface area contributed by atoms with Crippen LogP contribution in [0.5, 0.6) is 17.2 Å². The summed E-state index contributed by atoms with van der Waals surface area (Å²) in [6.07, 6.45) is 0. The van der Waals surface area contributed by atoms with E-state index in [1.807, 2.05) is 18.7 Å². The molecule has 1 aromatic rings. The highest BCUT2D eigenvalue weighted by atomic mass is 16.5. The van der Waals surface area contributed by atoms with Crippen molar-refractivity contribution in [3.05, 3.63) is 17.7 Å². The van der Waals surface area contributed by atoms with Gasteiger partial charge in [-0.05, 0) is 26.0 Å². The Morgan fingerprint density at radius 2 is 1.84 bits per heavy atom. The Labute approximate surface area is 147 Å². The van der Waals surface area contributed by atoms with E-state index in [0.29, 0.717) is 23.6 Å².